The van der Waals surface area contributed by atoms with E-state index in [9.17, 15) is 13.2 Å². The molecular weight excluding hydrogens is 438 g/mol. The van der Waals surface area contributed by atoms with Gasteiger partial charge in [-0.3, -0.25) is 9.69 Å². The van der Waals surface area contributed by atoms with Crippen molar-refractivity contribution >= 4 is 27.0 Å². The maximum atomic E-state index is 13.0. The standard InChI is InChI=1S/C24H35N5O3S/c1-26-22-8-7-20(33(31,32)29-11-3-2-4-12-29)17-21(22)25-23(26)9-10-24(30)28-15-13-27(14-16-28)18-19-5-6-19/h7-8,17,19H,2-6,9-16,18H2,1H3. The van der Waals surface area contributed by atoms with Crippen LogP contribution >= 0.6 is 0 Å². The Morgan fingerprint density at radius 2 is 1.76 bits per heavy atom. The molecule has 0 N–H and O–H groups in total. The number of sulfonamides is 1. The molecule has 1 saturated carbocycles. The molecule has 0 bridgehead atoms. The van der Waals surface area contributed by atoms with E-state index in [0.717, 1.165) is 62.7 Å². The summed E-state index contributed by atoms with van der Waals surface area (Å²) < 4.78 is 29.6. The number of amides is 1. The molecule has 9 heteroatoms. The van der Waals surface area contributed by atoms with Gasteiger partial charge in [-0.2, -0.15) is 4.31 Å². The average molecular weight is 474 g/mol. The molecule has 2 saturated heterocycles. The van der Waals surface area contributed by atoms with Crippen molar-refractivity contribution < 1.29 is 13.2 Å². The number of carbonyl (C=O) groups is 1. The van der Waals surface area contributed by atoms with E-state index in [1.807, 2.05) is 22.6 Å². The minimum atomic E-state index is -3.49. The van der Waals surface area contributed by atoms with Crippen LogP contribution in [0.5, 0.6) is 0 Å². The quantitative estimate of drug-likeness (QED) is 0.616. The number of piperidine rings is 1. The van der Waals surface area contributed by atoms with Crippen molar-refractivity contribution in [1.82, 2.24) is 23.7 Å². The van der Waals surface area contributed by atoms with Crippen LogP contribution < -0.4 is 0 Å². The van der Waals surface area contributed by atoms with E-state index < -0.39 is 10.0 Å². The number of aryl methyl sites for hydroxylation is 2. The third-order valence-corrected chi connectivity index (χ3v) is 9.29. The van der Waals surface area contributed by atoms with Gasteiger partial charge in [0.1, 0.15) is 5.82 Å². The number of fused-ring (bicyclic) bond motifs is 1. The highest BCUT2D eigenvalue weighted by Gasteiger charge is 2.28. The number of rotatable bonds is 7. The number of benzene rings is 1. The molecule has 1 amide bonds. The minimum Gasteiger partial charge on any atom is -0.340 e. The third kappa shape index (κ3) is 4.95. The van der Waals surface area contributed by atoms with Crippen molar-refractivity contribution in [3.05, 3.63) is 24.0 Å². The summed E-state index contributed by atoms with van der Waals surface area (Å²) in [6.45, 7) is 5.94. The Kier molecular flexibility index (Phi) is 6.46. The molecule has 8 nitrogen and oxygen atoms in total. The Bertz CT molecular complexity index is 1110. The first-order valence-electron chi connectivity index (χ1n) is 12.4. The maximum absolute atomic E-state index is 13.0. The van der Waals surface area contributed by atoms with Crippen molar-refractivity contribution in [2.75, 3.05) is 45.8 Å². The number of hydrogen-bond acceptors (Lipinski definition) is 5. The second kappa shape index (κ2) is 9.35. The molecule has 1 aromatic carbocycles. The van der Waals surface area contributed by atoms with Crippen LogP contribution in [0.3, 0.4) is 0 Å². The second-order valence-electron chi connectivity index (χ2n) is 9.83. The molecule has 3 heterocycles. The predicted octanol–water partition coefficient (Wildman–Crippen LogP) is 2.23. The van der Waals surface area contributed by atoms with Crippen molar-refractivity contribution in [3.8, 4) is 0 Å². The van der Waals surface area contributed by atoms with Crippen LogP contribution in [-0.2, 0) is 28.3 Å². The zero-order chi connectivity index (χ0) is 23.0. The second-order valence-corrected chi connectivity index (χ2v) is 11.8. The smallest absolute Gasteiger partial charge is 0.243 e. The zero-order valence-corrected chi connectivity index (χ0v) is 20.4. The topological polar surface area (TPSA) is 78.8 Å². The summed E-state index contributed by atoms with van der Waals surface area (Å²) >= 11 is 0. The molecule has 0 spiro atoms. The normalized spacial score (nSPS) is 21.1. The number of carbonyl (C=O) groups excluding carboxylic acids is 1. The van der Waals surface area contributed by atoms with Crippen molar-refractivity contribution in [3.63, 3.8) is 0 Å². The summed E-state index contributed by atoms with van der Waals surface area (Å²) in [6, 6.07) is 5.21. The first-order chi connectivity index (χ1) is 15.9. The number of piperazine rings is 1. The lowest BCUT2D eigenvalue weighted by molar-refractivity contribution is -0.132. The van der Waals surface area contributed by atoms with Gasteiger partial charge in [-0.05, 0) is 49.8 Å². The molecule has 0 atom stereocenters. The van der Waals surface area contributed by atoms with Crippen molar-refractivity contribution in [2.45, 2.75) is 49.8 Å². The van der Waals surface area contributed by atoms with Gasteiger partial charge in [-0.15, -0.1) is 0 Å². The molecule has 1 aliphatic carbocycles. The molecule has 0 unspecified atom stereocenters. The molecule has 2 aliphatic heterocycles. The van der Waals surface area contributed by atoms with E-state index in [2.05, 4.69) is 4.90 Å². The highest BCUT2D eigenvalue weighted by Crippen LogP contribution is 2.30. The van der Waals surface area contributed by atoms with Gasteiger partial charge >= 0.3 is 0 Å². The predicted molar refractivity (Wildman–Crippen MR) is 127 cm³/mol. The fourth-order valence-corrected chi connectivity index (χ4v) is 6.63. The molecule has 5 rings (SSSR count). The fraction of sp³-hybridized carbons (Fsp3) is 0.667. The summed E-state index contributed by atoms with van der Waals surface area (Å²) in [5, 5.41) is 0. The Labute approximate surface area is 196 Å². The summed E-state index contributed by atoms with van der Waals surface area (Å²) in [5.41, 5.74) is 1.57. The molecule has 33 heavy (non-hydrogen) atoms. The van der Waals surface area contributed by atoms with Crippen LogP contribution in [0, 0.1) is 5.92 Å². The summed E-state index contributed by atoms with van der Waals surface area (Å²) in [5.74, 6) is 1.89. The lowest BCUT2D eigenvalue weighted by Gasteiger charge is -2.34. The number of imidazole rings is 1. The fourth-order valence-electron chi connectivity index (χ4n) is 5.09. The third-order valence-electron chi connectivity index (χ3n) is 7.40. The highest BCUT2D eigenvalue weighted by atomic mass is 32.2. The Hall–Kier alpha value is -1.97. The summed E-state index contributed by atoms with van der Waals surface area (Å²) in [6.07, 6.45) is 6.63. The summed E-state index contributed by atoms with van der Waals surface area (Å²) in [4.78, 5) is 22.3. The van der Waals surface area contributed by atoms with Gasteiger partial charge in [0, 0.05) is 65.7 Å². The van der Waals surface area contributed by atoms with Gasteiger partial charge in [0.25, 0.3) is 0 Å². The number of hydrogen-bond donors (Lipinski definition) is 0. The van der Waals surface area contributed by atoms with Gasteiger partial charge in [0.2, 0.25) is 15.9 Å². The first-order valence-corrected chi connectivity index (χ1v) is 13.8. The van der Waals surface area contributed by atoms with Gasteiger partial charge in [0.05, 0.1) is 15.9 Å². The zero-order valence-electron chi connectivity index (χ0n) is 19.6. The van der Waals surface area contributed by atoms with Crippen LogP contribution in [0.15, 0.2) is 23.1 Å². The van der Waals surface area contributed by atoms with E-state index in [0.29, 0.717) is 36.3 Å². The van der Waals surface area contributed by atoms with Crippen LogP contribution in [0.2, 0.25) is 0 Å². The Morgan fingerprint density at radius 3 is 2.45 bits per heavy atom. The SMILES string of the molecule is Cn1c(CCC(=O)N2CCN(CC3CC3)CC2)nc2cc(S(=O)(=O)N3CCCCC3)ccc21. The Morgan fingerprint density at radius 1 is 1.03 bits per heavy atom. The molecule has 0 radical (unpaired) electrons. The average Bonchev–Trinajstić information content (AvgIpc) is 3.60. The van der Waals surface area contributed by atoms with Crippen molar-refractivity contribution in [2.24, 2.45) is 13.0 Å². The monoisotopic (exact) mass is 473 g/mol. The molecule has 3 aliphatic rings. The van der Waals surface area contributed by atoms with Crippen LogP contribution in [-0.4, -0.2) is 83.8 Å². The summed E-state index contributed by atoms with van der Waals surface area (Å²) in [7, 11) is -1.55. The van der Waals surface area contributed by atoms with Crippen LogP contribution in [0.25, 0.3) is 11.0 Å². The van der Waals surface area contributed by atoms with E-state index >= 15 is 0 Å². The number of aromatic nitrogens is 2. The van der Waals surface area contributed by atoms with E-state index in [1.54, 1.807) is 16.4 Å². The van der Waals surface area contributed by atoms with E-state index in [-0.39, 0.29) is 5.91 Å². The van der Waals surface area contributed by atoms with Gasteiger partial charge in [0.15, 0.2) is 0 Å². The van der Waals surface area contributed by atoms with Gasteiger partial charge in [-0.1, -0.05) is 6.42 Å². The highest BCUT2D eigenvalue weighted by molar-refractivity contribution is 7.89. The van der Waals surface area contributed by atoms with Crippen LogP contribution in [0.1, 0.15) is 44.3 Å². The largest absolute Gasteiger partial charge is 0.340 e. The van der Waals surface area contributed by atoms with E-state index in [4.69, 9.17) is 4.98 Å². The Balaban J connectivity index is 1.22. The van der Waals surface area contributed by atoms with Crippen molar-refractivity contribution in [1.29, 1.82) is 0 Å². The lowest BCUT2D eigenvalue weighted by atomic mass is 10.2. The molecule has 2 aromatic rings. The lowest BCUT2D eigenvalue weighted by Crippen LogP contribution is -2.49. The maximum Gasteiger partial charge on any atom is 0.243 e. The molecular formula is C24H35N5O3S. The van der Waals surface area contributed by atoms with Gasteiger partial charge in [-0.25, -0.2) is 13.4 Å². The molecule has 3 fully saturated rings. The minimum absolute atomic E-state index is 0.182. The number of nitrogens with zero attached hydrogens (tertiary/aromatic N) is 5. The molecule has 1 aromatic heterocycles. The first kappa shape index (κ1) is 22.8. The van der Waals surface area contributed by atoms with Gasteiger partial charge < -0.3 is 9.47 Å². The van der Waals surface area contributed by atoms with Crippen LogP contribution in [0.4, 0.5) is 0 Å². The van der Waals surface area contributed by atoms with E-state index in [1.165, 1.54) is 19.4 Å². The molecule has 180 valence electrons.